The Balaban J connectivity index is 1.73. The van der Waals surface area contributed by atoms with Crippen molar-refractivity contribution in [2.24, 2.45) is 5.73 Å². The van der Waals surface area contributed by atoms with Gasteiger partial charge < -0.3 is 10.5 Å². The van der Waals surface area contributed by atoms with Gasteiger partial charge in [-0.1, -0.05) is 12.1 Å². The lowest BCUT2D eigenvalue weighted by atomic mass is 9.99. The van der Waals surface area contributed by atoms with Crippen molar-refractivity contribution in [1.82, 2.24) is 9.88 Å². The van der Waals surface area contributed by atoms with Crippen molar-refractivity contribution < 1.29 is 4.79 Å². The summed E-state index contributed by atoms with van der Waals surface area (Å²) in [6.07, 6.45) is 3.33. The molecule has 1 aliphatic rings. The maximum Gasteiger partial charge on any atom is 0.130 e. The number of aryl methyl sites for hydroxylation is 1. The van der Waals surface area contributed by atoms with E-state index in [1.54, 1.807) is 18.3 Å². The smallest absolute Gasteiger partial charge is 0.130 e. The monoisotopic (exact) mass is 357 g/mol. The van der Waals surface area contributed by atoms with E-state index in [1.807, 2.05) is 6.20 Å². The van der Waals surface area contributed by atoms with Crippen LogP contribution in [0.3, 0.4) is 0 Å². The van der Waals surface area contributed by atoms with Crippen molar-refractivity contribution in [1.29, 1.82) is 0 Å². The molecule has 0 atom stereocenters. The van der Waals surface area contributed by atoms with Gasteiger partial charge in [0.2, 0.25) is 0 Å². The topological polar surface area (TPSA) is 59.2 Å². The Morgan fingerprint density at radius 1 is 1.36 bits per heavy atom. The number of Topliss-reactive ketones (excluding diaryl/α,β-unsaturated/α-hetero) is 1. The summed E-state index contributed by atoms with van der Waals surface area (Å²) in [5.74, 6) is 0.792. The van der Waals surface area contributed by atoms with Crippen molar-refractivity contribution in [2.75, 3.05) is 13.1 Å². The number of carbonyl (C=O) groups excluding carboxylic acids is 1. The molecular formula is C20H27N3OS. The van der Waals surface area contributed by atoms with Crippen molar-refractivity contribution >= 4 is 17.1 Å². The molecule has 4 nitrogen and oxygen atoms in total. The van der Waals surface area contributed by atoms with E-state index < -0.39 is 0 Å². The van der Waals surface area contributed by atoms with Gasteiger partial charge in [0.15, 0.2) is 0 Å². The Morgan fingerprint density at radius 3 is 2.76 bits per heavy atom. The predicted molar refractivity (Wildman–Crippen MR) is 104 cm³/mol. The molecule has 2 N–H and O–H groups in total. The zero-order valence-electron chi connectivity index (χ0n) is 15.3. The summed E-state index contributed by atoms with van der Waals surface area (Å²) in [5.41, 5.74) is 9.41. The number of nitrogens with zero attached hydrogens (tertiary/aromatic N) is 2. The van der Waals surface area contributed by atoms with Gasteiger partial charge in [0.25, 0.3) is 0 Å². The van der Waals surface area contributed by atoms with Gasteiger partial charge in [-0.15, -0.1) is 11.3 Å². The number of aromatic nitrogens is 1. The third-order valence-electron chi connectivity index (χ3n) is 4.97. The molecule has 0 radical (unpaired) electrons. The molecule has 1 aromatic heterocycles. The first-order chi connectivity index (χ1) is 12.0. The molecule has 0 aliphatic carbocycles. The van der Waals surface area contributed by atoms with E-state index in [0.717, 1.165) is 25.1 Å². The van der Waals surface area contributed by atoms with Crippen molar-refractivity contribution in [2.45, 2.75) is 52.1 Å². The number of ketones is 1. The highest BCUT2D eigenvalue weighted by molar-refractivity contribution is 7.15. The predicted octanol–water partition coefficient (Wildman–Crippen LogP) is 3.60. The Labute approximate surface area is 154 Å². The summed E-state index contributed by atoms with van der Waals surface area (Å²) in [6.45, 7) is 8.84. The lowest BCUT2D eigenvalue weighted by Crippen LogP contribution is -2.48. The highest BCUT2D eigenvalue weighted by Crippen LogP contribution is 2.35. The fourth-order valence-corrected chi connectivity index (χ4v) is 4.22. The number of likely N-dealkylation sites (tertiary alicyclic amines) is 1. The summed E-state index contributed by atoms with van der Waals surface area (Å²) in [4.78, 5) is 19.6. The molecule has 0 bridgehead atoms. The molecule has 1 fully saturated rings. The van der Waals surface area contributed by atoms with Crippen LogP contribution in [0.25, 0.3) is 10.4 Å². The van der Waals surface area contributed by atoms with Crippen LogP contribution in [0.2, 0.25) is 0 Å². The summed E-state index contributed by atoms with van der Waals surface area (Å²) in [7, 11) is 0. The molecule has 3 rings (SSSR count). The van der Waals surface area contributed by atoms with Gasteiger partial charge in [0, 0.05) is 44.2 Å². The van der Waals surface area contributed by atoms with Gasteiger partial charge >= 0.3 is 0 Å². The number of hydrogen-bond donors (Lipinski definition) is 1. The molecule has 25 heavy (non-hydrogen) atoms. The SMILES string of the molecule is CC(=O)CCc1ccc(-c2cnc(C3CN(C(C)C)C3)s2)cc1CN. The fraction of sp³-hybridized carbons (Fsp3) is 0.500. The average molecular weight is 358 g/mol. The van der Waals surface area contributed by atoms with Crippen LogP contribution in [0.1, 0.15) is 49.2 Å². The summed E-state index contributed by atoms with van der Waals surface area (Å²) >= 11 is 1.79. The second-order valence-corrected chi connectivity index (χ2v) is 8.26. The van der Waals surface area contributed by atoms with Gasteiger partial charge in [-0.05, 0) is 49.9 Å². The van der Waals surface area contributed by atoms with Crippen LogP contribution in [0, 0.1) is 0 Å². The van der Waals surface area contributed by atoms with Crippen LogP contribution in [0.5, 0.6) is 0 Å². The number of carbonyl (C=O) groups is 1. The Morgan fingerprint density at radius 2 is 2.12 bits per heavy atom. The van der Waals surface area contributed by atoms with Crippen LogP contribution in [0.15, 0.2) is 24.4 Å². The van der Waals surface area contributed by atoms with Crippen LogP contribution in [-0.4, -0.2) is 34.8 Å². The number of benzene rings is 1. The van der Waals surface area contributed by atoms with Crippen LogP contribution in [-0.2, 0) is 17.8 Å². The van der Waals surface area contributed by atoms with E-state index in [9.17, 15) is 4.79 Å². The third kappa shape index (κ3) is 4.17. The zero-order valence-corrected chi connectivity index (χ0v) is 16.1. The second-order valence-electron chi connectivity index (χ2n) is 7.20. The van der Waals surface area contributed by atoms with E-state index >= 15 is 0 Å². The molecule has 5 heteroatoms. The molecule has 1 saturated heterocycles. The summed E-state index contributed by atoms with van der Waals surface area (Å²) in [5, 5.41) is 1.24. The van der Waals surface area contributed by atoms with Crippen molar-refractivity contribution in [3.05, 3.63) is 40.5 Å². The van der Waals surface area contributed by atoms with E-state index in [2.05, 4.69) is 41.9 Å². The molecule has 0 amide bonds. The first kappa shape index (κ1) is 18.2. The first-order valence-electron chi connectivity index (χ1n) is 8.99. The van der Waals surface area contributed by atoms with Crippen molar-refractivity contribution in [3.8, 4) is 10.4 Å². The number of rotatable bonds is 7. The quantitative estimate of drug-likeness (QED) is 0.822. The Hall–Kier alpha value is -1.56. The molecule has 0 unspecified atom stereocenters. The summed E-state index contributed by atoms with van der Waals surface area (Å²) < 4.78 is 0. The highest BCUT2D eigenvalue weighted by Gasteiger charge is 2.31. The lowest BCUT2D eigenvalue weighted by molar-refractivity contribution is -0.116. The molecular weight excluding hydrogens is 330 g/mol. The normalized spacial score (nSPS) is 15.6. The Kier molecular flexibility index (Phi) is 5.67. The molecule has 134 valence electrons. The van der Waals surface area contributed by atoms with E-state index in [-0.39, 0.29) is 5.78 Å². The molecule has 0 saturated carbocycles. The summed E-state index contributed by atoms with van der Waals surface area (Å²) in [6, 6.07) is 7.02. The van der Waals surface area contributed by atoms with Crippen molar-refractivity contribution in [3.63, 3.8) is 0 Å². The van der Waals surface area contributed by atoms with E-state index in [0.29, 0.717) is 24.9 Å². The van der Waals surface area contributed by atoms with Crippen LogP contribution < -0.4 is 5.73 Å². The van der Waals surface area contributed by atoms with Gasteiger partial charge in [0.1, 0.15) is 5.78 Å². The standard InChI is InChI=1S/C20H27N3OS/c1-13(2)23-11-18(12-23)20-22-10-19(25-20)16-7-6-15(5-4-14(3)24)17(8-16)9-21/h6-8,10,13,18H,4-5,9,11-12,21H2,1-3H3. The second kappa shape index (κ2) is 7.77. The van der Waals surface area contributed by atoms with Gasteiger partial charge in [-0.3, -0.25) is 4.90 Å². The van der Waals surface area contributed by atoms with E-state index in [1.165, 1.54) is 21.0 Å². The highest BCUT2D eigenvalue weighted by atomic mass is 32.1. The van der Waals surface area contributed by atoms with Crippen LogP contribution in [0.4, 0.5) is 0 Å². The van der Waals surface area contributed by atoms with E-state index in [4.69, 9.17) is 5.73 Å². The average Bonchev–Trinajstić information content (AvgIpc) is 3.00. The maximum absolute atomic E-state index is 11.2. The minimum Gasteiger partial charge on any atom is -0.326 e. The minimum absolute atomic E-state index is 0.218. The fourth-order valence-electron chi connectivity index (χ4n) is 3.22. The largest absolute Gasteiger partial charge is 0.326 e. The van der Waals surface area contributed by atoms with Gasteiger partial charge in [0.05, 0.1) is 9.88 Å². The van der Waals surface area contributed by atoms with Crippen LogP contribution >= 0.6 is 11.3 Å². The maximum atomic E-state index is 11.2. The molecule has 0 spiro atoms. The zero-order chi connectivity index (χ0) is 18.0. The minimum atomic E-state index is 0.218. The van der Waals surface area contributed by atoms with Gasteiger partial charge in [-0.2, -0.15) is 0 Å². The molecule has 2 aromatic rings. The first-order valence-corrected chi connectivity index (χ1v) is 9.81. The molecule has 2 heterocycles. The number of hydrogen-bond acceptors (Lipinski definition) is 5. The number of thiazole rings is 1. The Bertz CT molecular complexity index is 747. The van der Waals surface area contributed by atoms with Gasteiger partial charge in [-0.25, -0.2) is 4.98 Å². The molecule has 1 aromatic carbocycles. The molecule has 1 aliphatic heterocycles. The number of nitrogens with two attached hydrogens (primary N) is 1. The third-order valence-corrected chi connectivity index (χ3v) is 6.18. The lowest BCUT2D eigenvalue weighted by Gasteiger charge is -2.41.